The van der Waals surface area contributed by atoms with Gasteiger partial charge in [0.05, 0.1) is 18.8 Å². The zero-order valence-electron chi connectivity index (χ0n) is 7.68. The molecule has 2 rings (SSSR count). The minimum Gasteiger partial charge on any atom is -0.370 e. The summed E-state index contributed by atoms with van der Waals surface area (Å²) in [6.07, 6.45) is 1.88. The highest BCUT2D eigenvalue weighted by Crippen LogP contribution is 2.20. The number of nitrogens with two attached hydrogens (primary N) is 1. The summed E-state index contributed by atoms with van der Waals surface area (Å²) >= 11 is 0. The van der Waals surface area contributed by atoms with Crippen LogP contribution in [0, 0.1) is 0 Å². The second kappa shape index (κ2) is 2.72. The molecule has 0 saturated carbocycles. The molecule has 0 amide bonds. The molecule has 0 radical (unpaired) electrons. The van der Waals surface area contributed by atoms with Gasteiger partial charge in [0.25, 0.3) is 0 Å². The van der Waals surface area contributed by atoms with E-state index in [1.54, 1.807) is 4.68 Å². The molecule has 0 aliphatic carbocycles. The first-order chi connectivity index (χ1) is 6.18. The first-order valence-electron chi connectivity index (χ1n) is 4.07. The van der Waals surface area contributed by atoms with Gasteiger partial charge in [-0.25, -0.2) is 0 Å². The van der Waals surface area contributed by atoms with Crippen molar-refractivity contribution >= 4 is 5.96 Å². The molecule has 6 heteroatoms. The maximum Gasteiger partial charge on any atom is 0.191 e. The topological polar surface area (TPSA) is 72.3 Å². The molecule has 1 aliphatic rings. The Labute approximate surface area is 76.0 Å². The molecule has 0 bridgehead atoms. The second-order valence-electron chi connectivity index (χ2n) is 3.14. The summed E-state index contributed by atoms with van der Waals surface area (Å²) < 4.78 is 1.68. The Kier molecular flexibility index (Phi) is 1.68. The van der Waals surface area contributed by atoms with E-state index in [4.69, 9.17) is 5.73 Å². The Hall–Kier alpha value is -1.59. The van der Waals surface area contributed by atoms with Gasteiger partial charge in [0.15, 0.2) is 5.96 Å². The molecule has 70 valence electrons. The maximum absolute atomic E-state index is 5.63. The van der Waals surface area contributed by atoms with E-state index in [1.807, 2.05) is 25.2 Å². The Morgan fingerprint density at radius 3 is 2.77 bits per heavy atom. The van der Waals surface area contributed by atoms with Crippen LogP contribution >= 0.6 is 0 Å². The van der Waals surface area contributed by atoms with Gasteiger partial charge in [-0.15, -0.1) is 5.10 Å². The van der Waals surface area contributed by atoms with Gasteiger partial charge < -0.3 is 10.6 Å². The van der Waals surface area contributed by atoms with Crippen molar-refractivity contribution in [3.63, 3.8) is 0 Å². The van der Waals surface area contributed by atoms with E-state index in [9.17, 15) is 0 Å². The standard InChI is InChI=1S/C7H12N6/c1-12-4-5(10-11-12)6-3-9-7(8)13(6)2/h4,6H,3H2,1-2H3,(H2,8,9). The van der Waals surface area contributed by atoms with Crippen molar-refractivity contribution in [2.75, 3.05) is 13.6 Å². The summed E-state index contributed by atoms with van der Waals surface area (Å²) in [6, 6.07) is 0.147. The highest BCUT2D eigenvalue weighted by Gasteiger charge is 2.26. The molecule has 0 fully saturated rings. The molecular formula is C7H12N6. The fourth-order valence-corrected chi connectivity index (χ4v) is 1.38. The highest BCUT2D eigenvalue weighted by molar-refractivity contribution is 5.79. The molecule has 1 aromatic rings. The fourth-order valence-electron chi connectivity index (χ4n) is 1.38. The minimum absolute atomic E-state index is 0.147. The average molecular weight is 180 g/mol. The largest absolute Gasteiger partial charge is 0.370 e. The smallest absolute Gasteiger partial charge is 0.191 e. The van der Waals surface area contributed by atoms with Crippen LogP contribution in [-0.4, -0.2) is 39.4 Å². The lowest BCUT2D eigenvalue weighted by atomic mass is 10.2. The third-order valence-electron chi connectivity index (χ3n) is 2.22. The monoisotopic (exact) mass is 180 g/mol. The van der Waals surface area contributed by atoms with Crippen molar-refractivity contribution in [1.29, 1.82) is 0 Å². The Morgan fingerprint density at radius 1 is 1.54 bits per heavy atom. The van der Waals surface area contributed by atoms with Gasteiger partial charge in [0, 0.05) is 14.1 Å². The molecule has 6 nitrogen and oxygen atoms in total. The summed E-state index contributed by atoms with van der Waals surface area (Å²) in [5, 5.41) is 7.89. The van der Waals surface area contributed by atoms with Crippen LogP contribution in [0.4, 0.5) is 0 Å². The van der Waals surface area contributed by atoms with Gasteiger partial charge in [-0.2, -0.15) is 0 Å². The van der Waals surface area contributed by atoms with Crippen LogP contribution in [0.15, 0.2) is 11.2 Å². The maximum atomic E-state index is 5.63. The highest BCUT2D eigenvalue weighted by atomic mass is 15.4. The van der Waals surface area contributed by atoms with Crippen molar-refractivity contribution in [1.82, 2.24) is 19.9 Å². The first kappa shape index (κ1) is 8.03. The number of rotatable bonds is 1. The van der Waals surface area contributed by atoms with Crippen LogP contribution < -0.4 is 5.73 Å². The number of guanidine groups is 1. The van der Waals surface area contributed by atoms with Crippen LogP contribution in [0.1, 0.15) is 11.7 Å². The number of likely N-dealkylation sites (N-methyl/N-ethyl adjacent to an activating group) is 1. The van der Waals surface area contributed by atoms with E-state index in [1.165, 1.54) is 0 Å². The van der Waals surface area contributed by atoms with Crippen LogP contribution in [0.3, 0.4) is 0 Å². The Bertz CT molecular complexity index is 341. The van der Waals surface area contributed by atoms with E-state index >= 15 is 0 Å². The SMILES string of the molecule is CN1C(N)=NCC1c1cn(C)nn1. The number of hydrogen-bond donors (Lipinski definition) is 1. The molecule has 0 aromatic carbocycles. The van der Waals surface area contributed by atoms with Crippen molar-refractivity contribution in [2.24, 2.45) is 17.8 Å². The molecule has 1 atom stereocenters. The Balaban J connectivity index is 2.21. The van der Waals surface area contributed by atoms with E-state index in [0.717, 1.165) is 5.69 Å². The summed E-state index contributed by atoms with van der Waals surface area (Å²) in [5.41, 5.74) is 6.55. The van der Waals surface area contributed by atoms with Crippen molar-refractivity contribution in [3.05, 3.63) is 11.9 Å². The third-order valence-corrected chi connectivity index (χ3v) is 2.22. The zero-order valence-corrected chi connectivity index (χ0v) is 7.68. The second-order valence-corrected chi connectivity index (χ2v) is 3.14. The molecular weight excluding hydrogens is 168 g/mol. The van der Waals surface area contributed by atoms with E-state index in [0.29, 0.717) is 12.5 Å². The quantitative estimate of drug-likeness (QED) is 0.609. The number of hydrogen-bond acceptors (Lipinski definition) is 5. The summed E-state index contributed by atoms with van der Waals surface area (Å²) in [6.45, 7) is 0.668. The molecule has 2 heterocycles. The predicted molar refractivity (Wildman–Crippen MR) is 48.0 cm³/mol. The summed E-state index contributed by atoms with van der Waals surface area (Å²) in [4.78, 5) is 6.03. The number of nitrogens with zero attached hydrogens (tertiary/aromatic N) is 5. The molecule has 0 saturated heterocycles. The van der Waals surface area contributed by atoms with E-state index in [-0.39, 0.29) is 6.04 Å². The van der Waals surface area contributed by atoms with Gasteiger partial charge in [-0.05, 0) is 0 Å². The normalized spacial score (nSPS) is 22.2. The van der Waals surface area contributed by atoms with E-state index in [2.05, 4.69) is 15.3 Å². The summed E-state index contributed by atoms with van der Waals surface area (Å²) in [7, 11) is 3.75. The molecule has 1 aliphatic heterocycles. The Morgan fingerprint density at radius 2 is 2.31 bits per heavy atom. The van der Waals surface area contributed by atoms with Gasteiger partial charge in [-0.1, -0.05) is 5.21 Å². The molecule has 1 aromatic heterocycles. The molecule has 0 spiro atoms. The number of aliphatic imine (C=N–C) groups is 1. The lowest BCUT2D eigenvalue weighted by Crippen LogP contribution is -2.32. The van der Waals surface area contributed by atoms with Crippen LogP contribution in [0.2, 0.25) is 0 Å². The molecule has 2 N–H and O–H groups in total. The van der Waals surface area contributed by atoms with Gasteiger partial charge in [-0.3, -0.25) is 9.67 Å². The van der Waals surface area contributed by atoms with Crippen molar-refractivity contribution in [2.45, 2.75) is 6.04 Å². The molecule has 1 unspecified atom stereocenters. The molecule has 13 heavy (non-hydrogen) atoms. The van der Waals surface area contributed by atoms with Gasteiger partial charge >= 0.3 is 0 Å². The summed E-state index contributed by atoms with van der Waals surface area (Å²) in [5.74, 6) is 0.565. The van der Waals surface area contributed by atoms with Crippen LogP contribution in [-0.2, 0) is 7.05 Å². The fraction of sp³-hybridized carbons (Fsp3) is 0.571. The van der Waals surface area contributed by atoms with Crippen molar-refractivity contribution < 1.29 is 0 Å². The van der Waals surface area contributed by atoms with E-state index < -0.39 is 0 Å². The lowest BCUT2D eigenvalue weighted by molar-refractivity contribution is 0.405. The zero-order chi connectivity index (χ0) is 9.42. The average Bonchev–Trinajstić information content (AvgIpc) is 2.62. The first-order valence-corrected chi connectivity index (χ1v) is 4.07. The van der Waals surface area contributed by atoms with Crippen molar-refractivity contribution in [3.8, 4) is 0 Å². The minimum atomic E-state index is 0.147. The van der Waals surface area contributed by atoms with Crippen LogP contribution in [0.25, 0.3) is 0 Å². The van der Waals surface area contributed by atoms with Gasteiger partial charge in [0.1, 0.15) is 5.69 Å². The predicted octanol–water partition coefficient (Wildman–Crippen LogP) is -0.884. The number of aromatic nitrogens is 3. The van der Waals surface area contributed by atoms with Gasteiger partial charge in [0.2, 0.25) is 0 Å². The van der Waals surface area contributed by atoms with Crippen LogP contribution in [0.5, 0.6) is 0 Å². The lowest BCUT2D eigenvalue weighted by Gasteiger charge is -2.18. The number of aryl methyl sites for hydroxylation is 1. The third kappa shape index (κ3) is 1.24.